The molecule has 2 saturated heterocycles. The summed E-state index contributed by atoms with van der Waals surface area (Å²) in [7, 11) is 3.87. The first-order valence-electron chi connectivity index (χ1n) is 10.2. The lowest BCUT2D eigenvalue weighted by molar-refractivity contribution is 0.00741. The monoisotopic (exact) mass is 422 g/mol. The summed E-state index contributed by atoms with van der Waals surface area (Å²) in [5.74, 6) is 1.18. The van der Waals surface area contributed by atoms with Crippen molar-refractivity contribution in [3.63, 3.8) is 0 Å². The van der Waals surface area contributed by atoms with Gasteiger partial charge in [0.1, 0.15) is 35.0 Å². The van der Waals surface area contributed by atoms with Gasteiger partial charge in [0.2, 0.25) is 0 Å². The van der Waals surface area contributed by atoms with E-state index in [4.69, 9.17) is 0 Å². The third kappa shape index (κ3) is 3.37. The van der Waals surface area contributed by atoms with Crippen LogP contribution in [0.25, 0.3) is 5.69 Å². The molecule has 5 rings (SSSR count). The molecule has 2 atom stereocenters. The van der Waals surface area contributed by atoms with Crippen molar-refractivity contribution in [1.82, 2.24) is 29.9 Å². The summed E-state index contributed by atoms with van der Waals surface area (Å²) in [4.78, 5) is 29.2. The zero-order chi connectivity index (χ0) is 21.5. The fraction of sp³-hybridized carbons (Fsp3) is 0.381. The second-order valence-corrected chi connectivity index (χ2v) is 8.10. The SMILES string of the molecule is CN(C)c1cc(N2CC[C@@H]3CN(C(=O)c4c(F)cccc4-n4nccn4)[C@@H]3C2)ncn1. The highest BCUT2D eigenvalue weighted by atomic mass is 19.1. The van der Waals surface area contributed by atoms with E-state index in [9.17, 15) is 9.18 Å². The molecule has 2 fully saturated rings. The molecule has 3 aromatic rings. The number of benzene rings is 1. The third-order valence-corrected chi connectivity index (χ3v) is 6.07. The summed E-state index contributed by atoms with van der Waals surface area (Å²) in [5, 5.41) is 8.14. The first-order valence-corrected chi connectivity index (χ1v) is 10.2. The Labute approximate surface area is 179 Å². The minimum Gasteiger partial charge on any atom is -0.363 e. The lowest BCUT2D eigenvalue weighted by atomic mass is 9.81. The number of halogens is 1. The standard InChI is InChI=1S/C21H23FN8O/c1-27(2)18-10-19(24-13-23-18)28-9-6-14-11-29(17(14)12-28)21(31)20-15(22)4-3-5-16(20)30-25-7-8-26-30/h3-5,7-8,10,13-14,17H,6,9,11-12H2,1-2H3/t14-,17-/m1/s1. The van der Waals surface area contributed by atoms with Gasteiger partial charge in [-0.3, -0.25) is 4.79 Å². The van der Waals surface area contributed by atoms with Crippen LogP contribution >= 0.6 is 0 Å². The first-order chi connectivity index (χ1) is 15.0. The predicted molar refractivity (Wildman–Crippen MR) is 113 cm³/mol. The van der Waals surface area contributed by atoms with Crippen LogP contribution in [0.2, 0.25) is 0 Å². The second kappa shape index (κ2) is 7.60. The molecule has 160 valence electrons. The summed E-state index contributed by atoms with van der Waals surface area (Å²) in [6.07, 6.45) is 5.52. The van der Waals surface area contributed by atoms with Crippen molar-refractivity contribution in [2.24, 2.45) is 5.92 Å². The number of hydrogen-bond acceptors (Lipinski definition) is 7. The number of carbonyl (C=O) groups is 1. The van der Waals surface area contributed by atoms with Crippen molar-refractivity contribution >= 4 is 17.5 Å². The summed E-state index contributed by atoms with van der Waals surface area (Å²) < 4.78 is 14.8. The topological polar surface area (TPSA) is 83.3 Å². The van der Waals surface area contributed by atoms with Crippen LogP contribution < -0.4 is 9.80 Å². The van der Waals surface area contributed by atoms with Crippen molar-refractivity contribution in [2.45, 2.75) is 12.5 Å². The van der Waals surface area contributed by atoms with E-state index in [1.807, 2.05) is 25.1 Å². The molecular formula is C21H23FN8O. The normalized spacial score (nSPS) is 20.2. The Morgan fingerprint density at radius 2 is 1.97 bits per heavy atom. The lowest BCUT2D eigenvalue weighted by Gasteiger charge is -2.53. The molecule has 10 heteroatoms. The quantitative estimate of drug-likeness (QED) is 0.632. The van der Waals surface area contributed by atoms with Gasteiger partial charge >= 0.3 is 0 Å². The maximum atomic E-state index is 14.8. The number of nitrogens with zero attached hydrogens (tertiary/aromatic N) is 8. The minimum absolute atomic E-state index is 0.00574. The van der Waals surface area contributed by atoms with E-state index in [0.717, 1.165) is 24.6 Å². The van der Waals surface area contributed by atoms with Gasteiger partial charge in [-0.2, -0.15) is 15.0 Å². The molecule has 4 heterocycles. The van der Waals surface area contributed by atoms with Gasteiger partial charge < -0.3 is 14.7 Å². The Morgan fingerprint density at radius 3 is 2.74 bits per heavy atom. The highest BCUT2D eigenvalue weighted by molar-refractivity contribution is 5.98. The molecule has 0 aliphatic carbocycles. The molecule has 0 bridgehead atoms. The number of likely N-dealkylation sites (tertiary alicyclic amines) is 1. The summed E-state index contributed by atoms with van der Waals surface area (Å²) >= 11 is 0. The van der Waals surface area contributed by atoms with Gasteiger partial charge in [0.05, 0.1) is 18.4 Å². The number of aromatic nitrogens is 5. The maximum absolute atomic E-state index is 14.8. The van der Waals surface area contributed by atoms with Gasteiger partial charge in [0.15, 0.2) is 0 Å². The van der Waals surface area contributed by atoms with Gasteiger partial charge in [-0.15, -0.1) is 0 Å². The molecule has 2 aliphatic rings. The number of anilines is 2. The van der Waals surface area contributed by atoms with Gasteiger partial charge in [-0.1, -0.05) is 6.07 Å². The summed E-state index contributed by atoms with van der Waals surface area (Å²) in [6, 6.07) is 6.48. The number of rotatable bonds is 4. The van der Waals surface area contributed by atoms with Gasteiger partial charge in [-0.25, -0.2) is 14.4 Å². The fourth-order valence-corrected chi connectivity index (χ4v) is 4.37. The first kappa shape index (κ1) is 19.4. The number of fused-ring (bicyclic) bond motifs is 1. The van der Waals surface area contributed by atoms with Crippen LogP contribution in [0.5, 0.6) is 0 Å². The highest BCUT2D eigenvalue weighted by Gasteiger charge is 2.46. The lowest BCUT2D eigenvalue weighted by Crippen LogP contribution is -2.66. The van der Waals surface area contributed by atoms with Crippen LogP contribution in [0, 0.1) is 11.7 Å². The van der Waals surface area contributed by atoms with Crippen molar-refractivity contribution in [1.29, 1.82) is 0 Å². The van der Waals surface area contributed by atoms with E-state index in [-0.39, 0.29) is 17.5 Å². The van der Waals surface area contributed by atoms with Crippen LogP contribution in [0.3, 0.4) is 0 Å². The van der Waals surface area contributed by atoms with Crippen molar-refractivity contribution in [3.8, 4) is 5.69 Å². The zero-order valence-corrected chi connectivity index (χ0v) is 17.4. The van der Waals surface area contributed by atoms with E-state index in [0.29, 0.717) is 24.7 Å². The van der Waals surface area contributed by atoms with E-state index >= 15 is 0 Å². The Balaban J connectivity index is 1.39. The predicted octanol–water partition coefficient (Wildman–Crippen LogP) is 1.61. The van der Waals surface area contributed by atoms with E-state index in [1.54, 1.807) is 23.4 Å². The molecule has 9 nitrogen and oxygen atoms in total. The second-order valence-electron chi connectivity index (χ2n) is 8.10. The third-order valence-electron chi connectivity index (χ3n) is 6.07. The van der Waals surface area contributed by atoms with Crippen molar-refractivity contribution in [2.75, 3.05) is 43.5 Å². The Hall–Kier alpha value is -3.56. The highest BCUT2D eigenvalue weighted by Crippen LogP contribution is 2.36. The molecule has 0 N–H and O–H groups in total. The van der Waals surface area contributed by atoms with Crippen molar-refractivity contribution < 1.29 is 9.18 Å². The van der Waals surface area contributed by atoms with E-state index in [1.165, 1.54) is 23.3 Å². The Morgan fingerprint density at radius 1 is 1.16 bits per heavy atom. The maximum Gasteiger partial charge on any atom is 0.259 e. The van der Waals surface area contributed by atoms with Crippen LogP contribution in [0.1, 0.15) is 16.8 Å². The number of piperidine rings is 1. The summed E-state index contributed by atoms with van der Waals surface area (Å²) in [5.41, 5.74) is 0.351. The number of amides is 1. The van der Waals surface area contributed by atoms with E-state index < -0.39 is 5.82 Å². The molecule has 0 saturated carbocycles. The van der Waals surface area contributed by atoms with Crippen LogP contribution in [-0.2, 0) is 0 Å². The molecule has 2 aromatic heterocycles. The van der Waals surface area contributed by atoms with E-state index in [2.05, 4.69) is 25.1 Å². The average Bonchev–Trinajstić information content (AvgIpc) is 3.29. The zero-order valence-electron chi connectivity index (χ0n) is 17.4. The Bertz CT molecular complexity index is 1100. The molecule has 0 radical (unpaired) electrons. The average molecular weight is 422 g/mol. The molecule has 2 aliphatic heterocycles. The number of hydrogen-bond donors (Lipinski definition) is 0. The molecule has 0 unspecified atom stereocenters. The molecule has 1 amide bonds. The molecule has 31 heavy (non-hydrogen) atoms. The summed E-state index contributed by atoms with van der Waals surface area (Å²) in [6.45, 7) is 2.16. The largest absolute Gasteiger partial charge is 0.363 e. The molecule has 0 spiro atoms. The van der Waals surface area contributed by atoms with Gasteiger partial charge in [0.25, 0.3) is 5.91 Å². The number of carbonyl (C=O) groups excluding carboxylic acids is 1. The molecule has 1 aromatic carbocycles. The Kier molecular flexibility index (Phi) is 4.76. The van der Waals surface area contributed by atoms with Crippen molar-refractivity contribution in [3.05, 3.63) is 54.4 Å². The van der Waals surface area contributed by atoms with Gasteiger partial charge in [0, 0.05) is 45.7 Å². The fourth-order valence-electron chi connectivity index (χ4n) is 4.37. The van der Waals surface area contributed by atoms with Gasteiger partial charge in [-0.05, 0) is 18.6 Å². The van der Waals surface area contributed by atoms with Crippen LogP contribution in [-0.4, -0.2) is 75.5 Å². The van der Waals surface area contributed by atoms with Crippen LogP contribution in [0.4, 0.5) is 16.0 Å². The van der Waals surface area contributed by atoms with Crippen LogP contribution in [0.15, 0.2) is 43.0 Å². The molecular weight excluding hydrogens is 399 g/mol. The minimum atomic E-state index is -0.567. The smallest absolute Gasteiger partial charge is 0.259 e.